The van der Waals surface area contributed by atoms with Gasteiger partial charge in [0, 0.05) is 18.8 Å². The van der Waals surface area contributed by atoms with Crippen LogP contribution in [-0.2, 0) is 14.3 Å². The van der Waals surface area contributed by atoms with Gasteiger partial charge in [-0.3, -0.25) is 9.59 Å². The Balaban J connectivity index is 3.08. The van der Waals surface area contributed by atoms with Crippen LogP contribution in [0.1, 0.15) is 72.1 Å². The number of hydrogen-bond donors (Lipinski definition) is 7. The summed E-state index contributed by atoms with van der Waals surface area (Å²) in [7, 11) is 0. The average Bonchev–Trinajstić information content (AvgIpc) is 2.92. The van der Waals surface area contributed by atoms with Crippen LogP contribution in [-0.4, -0.2) is 90.4 Å². The number of aliphatic carboxylic acids is 1. The number of allylic oxidation sites excluding steroid dienone is 8. The predicted octanol–water partition coefficient (Wildman–Crippen LogP) is 2.97. The average molecular weight is 609 g/mol. The third-order valence-electron chi connectivity index (χ3n) is 7.68. The summed E-state index contributed by atoms with van der Waals surface area (Å²) < 4.78 is 5.74. The number of carbonyl (C=O) groups excluding carboxylic acids is 1. The standard InChI is InChI=1S/C33H52O10/c1-4-26-28(38)21-25(36)19-23(34)16-14-17-24(35)20-29(39)31(32(40)41)27(37)18-13-11-9-7-6-8-10-12-15-22(3)30(5-2)43-33(26)42/h6-13,15,18,22-31,34-39H,4-5,14,16-17,19-21H2,1-3H3,(H,40,41)/b7-6+,10-8+,11-9+,15-12+,18-13+/t22-,23-,24+,25-,26+,27+,28-,29+,30+,31-/m0/s1. The number of cyclic esters (lactones) is 1. The fraction of sp³-hybridized carbons (Fsp3) is 0.636. The highest BCUT2D eigenvalue weighted by molar-refractivity contribution is 5.73. The molecule has 10 heteroatoms. The molecule has 244 valence electrons. The number of ether oxygens (including phenoxy) is 1. The van der Waals surface area contributed by atoms with Gasteiger partial charge >= 0.3 is 11.9 Å². The van der Waals surface area contributed by atoms with Gasteiger partial charge in [-0.1, -0.05) is 81.5 Å². The van der Waals surface area contributed by atoms with Gasteiger partial charge in [-0.2, -0.15) is 0 Å². The number of aliphatic hydroxyl groups is 6. The summed E-state index contributed by atoms with van der Waals surface area (Å²) in [5.74, 6) is -4.39. The summed E-state index contributed by atoms with van der Waals surface area (Å²) in [6.07, 6.45) is 10.4. The van der Waals surface area contributed by atoms with Gasteiger partial charge in [0.15, 0.2) is 0 Å². The Morgan fingerprint density at radius 1 is 0.744 bits per heavy atom. The summed E-state index contributed by atoms with van der Waals surface area (Å²) in [6, 6.07) is 0. The molecule has 1 heterocycles. The first-order valence-electron chi connectivity index (χ1n) is 15.3. The van der Waals surface area contributed by atoms with Crippen LogP contribution in [0.25, 0.3) is 0 Å². The van der Waals surface area contributed by atoms with E-state index in [1.807, 2.05) is 32.1 Å². The predicted molar refractivity (Wildman–Crippen MR) is 164 cm³/mol. The molecule has 1 aliphatic rings. The fourth-order valence-corrected chi connectivity index (χ4v) is 5.08. The highest BCUT2D eigenvalue weighted by Crippen LogP contribution is 2.23. The van der Waals surface area contributed by atoms with E-state index >= 15 is 0 Å². The van der Waals surface area contributed by atoms with Gasteiger partial charge in [-0.15, -0.1) is 0 Å². The molecule has 0 fully saturated rings. The van der Waals surface area contributed by atoms with Crippen LogP contribution in [0, 0.1) is 17.8 Å². The number of carboxylic acids is 1. The van der Waals surface area contributed by atoms with Crippen LogP contribution < -0.4 is 0 Å². The molecule has 1 aliphatic heterocycles. The van der Waals surface area contributed by atoms with E-state index in [0.29, 0.717) is 19.3 Å². The van der Waals surface area contributed by atoms with E-state index in [0.717, 1.165) is 0 Å². The van der Waals surface area contributed by atoms with Crippen molar-refractivity contribution in [3.8, 4) is 0 Å². The summed E-state index contributed by atoms with van der Waals surface area (Å²) >= 11 is 0. The highest BCUT2D eigenvalue weighted by Gasteiger charge is 2.34. The van der Waals surface area contributed by atoms with Crippen molar-refractivity contribution in [3.05, 3.63) is 60.8 Å². The quantitative estimate of drug-likeness (QED) is 0.235. The minimum absolute atomic E-state index is 0.0442. The Kier molecular flexibility index (Phi) is 18.9. The van der Waals surface area contributed by atoms with E-state index in [2.05, 4.69) is 0 Å². The Hall–Kier alpha value is -2.60. The molecule has 43 heavy (non-hydrogen) atoms. The van der Waals surface area contributed by atoms with Crippen molar-refractivity contribution in [2.24, 2.45) is 17.8 Å². The SMILES string of the molecule is CC[C@H]1OC(=O)[C@H](CC)[C@@H](O)C[C@@H](O)C[C@@H](O)CCC[C@@H](O)C[C@@H](O)[C@@H](C(=O)O)[C@H](O)/C=C/C=C/C=C/C=C/C=C/[C@@H]1C. The van der Waals surface area contributed by atoms with Crippen molar-refractivity contribution in [1.29, 1.82) is 0 Å². The van der Waals surface area contributed by atoms with Gasteiger partial charge in [0.25, 0.3) is 0 Å². The first-order chi connectivity index (χ1) is 20.4. The van der Waals surface area contributed by atoms with E-state index in [9.17, 15) is 45.3 Å². The van der Waals surface area contributed by atoms with Crippen LogP contribution in [0.2, 0.25) is 0 Å². The maximum atomic E-state index is 12.9. The topological polar surface area (TPSA) is 185 Å². The van der Waals surface area contributed by atoms with Crippen LogP contribution in [0.4, 0.5) is 0 Å². The minimum atomic E-state index is -1.54. The Labute approximate surface area is 255 Å². The molecule has 0 spiro atoms. The maximum absolute atomic E-state index is 12.9. The van der Waals surface area contributed by atoms with Gasteiger partial charge in [-0.05, 0) is 38.5 Å². The third-order valence-corrected chi connectivity index (χ3v) is 7.68. The van der Waals surface area contributed by atoms with Crippen LogP contribution in [0.3, 0.4) is 0 Å². The molecule has 0 aromatic heterocycles. The second-order valence-corrected chi connectivity index (χ2v) is 11.3. The summed E-state index contributed by atoms with van der Waals surface area (Å²) in [4.78, 5) is 24.6. The molecule has 0 unspecified atom stereocenters. The van der Waals surface area contributed by atoms with Crippen molar-refractivity contribution in [1.82, 2.24) is 0 Å². The molecular formula is C33H52O10. The zero-order chi connectivity index (χ0) is 32.4. The number of rotatable bonds is 3. The number of carboxylic acid groups (broad SMARTS) is 1. The summed E-state index contributed by atoms with van der Waals surface area (Å²) in [5.41, 5.74) is 0. The van der Waals surface area contributed by atoms with Crippen molar-refractivity contribution >= 4 is 11.9 Å². The molecule has 10 atom stereocenters. The third kappa shape index (κ3) is 15.1. The largest absolute Gasteiger partial charge is 0.481 e. The molecule has 0 bridgehead atoms. The first-order valence-corrected chi connectivity index (χ1v) is 15.3. The normalized spacial score (nSPS) is 38.9. The van der Waals surface area contributed by atoms with E-state index < -0.39 is 66.5 Å². The van der Waals surface area contributed by atoms with Crippen molar-refractivity contribution in [3.63, 3.8) is 0 Å². The van der Waals surface area contributed by atoms with Gasteiger partial charge in [-0.25, -0.2) is 0 Å². The first kappa shape index (κ1) is 38.4. The van der Waals surface area contributed by atoms with E-state index in [1.165, 1.54) is 12.2 Å². The second kappa shape index (κ2) is 21.2. The zero-order valence-corrected chi connectivity index (χ0v) is 25.6. The zero-order valence-electron chi connectivity index (χ0n) is 25.6. The van der Waals surface area contributed by atoms with Crippen LogP contribution >= 0.6 is 0 Å². The molecule has 10 nitrogen and oxygen atoms in total. The molecule has 0 radical (unpaired) electrons. The Morgan fingerprint density at radius 2 is 1.26 bits per heavy atom. The van der Waals surface area contributed by atoms with E-state index in [-0.39, 0.29) is 38.0 Å². The van der Waals surface area contributed by atoms with Crippen molar-refractivity contribution < 1.29 is 50.1 Å². The molecule has 0 saturated carbocycles. The summed E-state index contributed by atoms with van der Waals surface area (Å²) in [6.45, 7) is 5.60. The molecule has 0 saturated heterocycles. The number of hydrogen-bond acceptors (Lipinski definition) is 9. The maximum Gasteiger partial charge on any atom is 0.312 e. The van der Waals surface area contributed by atoms with Gasteiger partial charge < -0.3 is 40.5 Å². The van der Waals surface area contributed by atoms with E-state index in [4.69, 9.17) is 4.74 Å². The van der Waals surface area contributed by atoms with Crippen LogP contribution in [0.5, 0.6) is 0 Å². The van der Waals surface area contributed by atoms with Gasteiger partial charge in [0.2, 0.25) is 0 Å². The number of aliphatic hydroxyl groups excluding tert-OH is 6. The Morgan fingerprint density at radius 3 is 1.79 bits per heavy atom. The minimum Gasteiger partial charge on any atom is -0.481 e. The monoisotopic (exact) mass is 608 g/mol. The second-order valence-electron chi connectivity index (χ2n) is 11.3. The van der Waals surface area contributed by atoms with Crippen molar-refractivity contribution in [2.45, 2.75) is 115 Å². The van der Waals surface area contributed by atoms with Gasteiger partial charge in [0.05, 0.1) is 42.5 Å². The lowest BCUT2D eigenvalue weighted by Crippen LogP contribution is -2.39. The molecule has 0 aromatic carbocycles. The molecular weight excluding hydrogens is 556 g/mol. The molecule has 0 aromatic rings. The lowest BCUT2D eigenvalue weighted by Gasteiger charge is -2.27. The molecule has 7 N–H and O–H groups in total. The van der Waals surface area contributed by atoms with Crippen molar-refractivity contribution in [2.75, 3.05) is 0 Å². The molecule has 0 aliphatic carbocycles. The highest BCUT2D eigenvalue weighted by atomic mass is 16.5. The lowest BCUT2D eigenvalue weighted by molar-refractivity contribution is -0.161. The van der Waals surface area contributed by atoms with Crippen LogP contribution in [0.15, 0.2) is 60.8 Å². The number of carbonyl (C=O) groups is 2. The smallest absolute Gasteiger partial charge is 0.312 e. The fourth-order valence-electron chi connectivity index (χ4n) is 5.08. The number of esters is 1. The van der Waals surface area contributed by atoms with Gasteiger partial charge in [0.1, 0.15) is 12.0 Å². The molecule has 1 rings (SSSR count). The lowest BCUT2D eigenvalue weighted by atomic mass is 9.90. The summed E-state index contributed by atoms with van der Waals surface area (Å²) in [5, 5.41) is 72.2. The molecule has 0 amide bonds. The van der Waals surface area contributed by atoms with E-state index in [1.54, 1.807) is 37.3 Å². The Bertz CT molecular complexity index is 955.